The Morgan fingerprint density at radius 1 is 1.53 bits per heavy atom. The van der Waals surface area contributed by atoms with Gasteiger partial charge in [0.1, 0.15) is 5.82 Å². The fourth-order valence-corrected chi connectivity index (χ4v) is 2.03. The number of carbonyl (C=O) groups is 1. The zero-order chi connectivity index (χ0) is 10.8. The maximum atomic E-state index is 13.4. The summed E-state index contributed by atoms with van der Waals surface area (Å²) in [6, 6.07) is 4.99. The summed E-state index contributed by atoms with van der Waals surface area (Å²) in [5.74, 6) is -0.621. The van der Waals surface area contributed by atoms with E-state index in [1.165, 1.54) is 6.07 Å². The third-order valence-electron chi connectivity index (χ3n) is 2.75. The molecule has 3 heteroatoms. The Labute approximate surface area is 88.1 Å². The number of carbonyl (C=O) groups excluding carboxylic acids is 1. The van der Waals surface area contributed by atoms with Gasteiger partial charge in [-0.2, -0.15) is 0 Å². The van der Waals surface area contributed by atoms with Crippen LogP contribution < -0.4 is 0 Å². The van der Waals surface area contributed by atoms with E-state index in [9.17, 15) is 9.18 Å². The number of ether oxygens (including phenoxy) is 1. The average Bonchev–Trinajstić information content (AvgIpc) is 2.63. The van der Waals surface area contributed by atoms with E-state index >= 15 is 0 Å². The van der Waals surface area contributed by atoms with Gasteiger partial charge >= 0.3 is 5.97 Å². The third kappa shape index (κ3) is 1.87. The van der Waals surface area contributed by atoms with E-state index in [1.807, 2.05) is 6.07 Å². The minimum Gasteiger partial charge on any atom is -0.466 e. The van der Waals surface area contributed by atoms with Crippen LogP contribution in [0.4, 0.5) is 4.39 Å². The molecule has 80 valence electrons. The standard InChI is InChI=1S/C12H13FO2/c1-2-15-12(14)9-6-8-4-3-5-11(13)10(8)7-9/h3-5,9H,2,6-7H2,1H3. The summed E-state index contributed by atoms with van der Waals surface area (Å²) in [7, 11) is 0. The minimum absolute atomic E-state index is 0.197. The summed E-state index contributed by atoms with van der Waals surface area (Å²) >= 11 is 0. The van der Waals surface area contributed by atoms with Crippen molar-refractivity contribution in [3.63, 3.8) is 0 Å². The van der Waals surface area contributed by atoms with Crippen molar-refractivity contribution in [1.82, 2.24) is 0 Å². The van der Waals surface area contributed by atoms with Crippen LogP contribution in [0.3, 0.4) is 0 Å². The van der Waals surface area contributed by atoms with E-state index in [0.717, 1.165) is 5.56 Å². The van der Waals surface area contributed by atoms with E-state index in [-0.39, 0.29) is 17.7 Å². The molecule has 0 saturated heterocycles. The maximum absolute atomic E-state index is 13.4. The van der Waals surface area contributed by atoms with Crippen LogP contribution in [-0.2, 0) is 22.4 Å². The number of hydrogen-bond acceptors (Lipinski definition) is 2. The summed E-state index contributed by atoms with van der Waals surface area (Å²) in [5.41, 5.74) is 1.61. The second-order valence-corrected chi connectivity index (χ2v) is 3.73. The van der Waals surface area contributed by atoms with E-state index in [4.69, 9.17) is 4.74 Å². The van der Waals surface area contributed by atoms with Crippen LogP contribution in [0.15, 0.2) is 18.2 Å². The van der Waals surface area contributed by atoms with Gasteiger partial charge in [0.2, 0.25) is 0 Å². The van der Waals surface area contributed by atoms with Gasteiger partial charge in [0.05, 0.1) is 12.5 Å². The first-order chi connectivity index (χ1) is 7.22. The highest BCUT2D eigenvalue weighted by molar-refractivity contribution is 5.74. The lowest BCUT2D eigenvalue weighted by atomic mass is 10.1. The summed E-state index contributed by atoms with van der Waals surface area (Å²) < 4.78 is 18.3. The van der Waals surface area contributed by atoms with Crippen LogP contribution >= 0.6 is 0 Å². The normalized spacial score (nSPS) is 18.7. The molecule has 15 heavy (non-hydrogen) atoms. The van der Waals surface area contributed by atoms with E-state index in [2.05, 4.69) is 0 Å². The molecule has 1 aromatic rings. The van der Waals surface area contributed by atoms with Gasteiger partial charge in [-0.15, -0.1) is 0 Å². The molecule has 0 amide bonds. The predicted octanol–water partition coefficient (Wildman–Crippen LogP) is 2.10. The van der Waals surface area contributed by atoms with Gasteiger partial charge in [0, 0.05) is 0 Å². The second-order valence-electron chi connectivity index (χ2n) is 3.73. The fraction of sp³-hybridized carbons (Fsp3) is 0.417. The van der Waals surface area contributed by atoms with Crippen molar-refractivity contribution in [1.29, 1.82) is 0 Å². The van der Waals surface area contributed by atoms with Crippen LogP contribution in [0.25, 0.3) is 0 Å². The van der Waals surface area contributed by atoms with Crippen LogP contribution in [0, 0.1) is 11.7 Å². The van der Waals surface area contributed by atoms with Crippen LogP contribution in [0.1, 0.15) is 18.1 Å². The van der Waals surface area contributed by atoms with Gasteiger partial charge < -0.3 is 4.74 Å². The molecule has 1 aliphatic rings. The second kappa shape index (κ2) is 4.01. The van der Waals surface area contributed by atoms with Gasteiger partial charge in [-0.3, -0.25) is 4.79 Å². The molecule has 1 atom stereocenters. The molecular weight excluding hydrogens is 195 g/mol. The molecule has 0 heterocycles. The van der Waals surface area contributed by atoms with Gasteiger partial charge in [-0.25, -0.2) is 4.39 Å². The average molecular weight is 208 g/mol. The Morgan fingerprint density at radius 3 is 3.00 bits per heavy atom. The van der Waals surface area contributed by atoms with Crippen molar-refractivity contribution < 1.29 is 13.9 Å². The minimum atomic E-state index is -0.215. The molecule has 0 N–H and O–H groups in total. The lowest BCUT2D eigenvalue weighted by Crippen LogP contribution is -2.17. The van der Waals surface area contributed by atoms with Crippen molar-refractivity contribution in [2.45, 2.75) is 19.8 Å². The molecule has 1 unspecified atom stereocenters. The Balaban J connectivity index is 2.15. The highest BCUT2D eigenvalue weighted by Crippen LogP contribution is 2.29. The van der Waals surface area contributed by atoms with Gasteiger partial charge in [0.15, 0.2) is 0 Å². The molecule has 0 radical (unpaired) electrons. The highest BCUT2D eigenvalue weighted by atomic mass is 19.1. The maximum Gasteiger partial charge on any atom is 0.309 e. The van der Waals surface area contributed by atoms with Crippen molar-refractivity contribution in [3.8, 4) is 0 Å². The van der Waals surface area contributed by atoms with Crippen LogP contribution in [0.5, 0.6) is 0 Å². The Bertz CT molecular complexity index is 387. The van der Waals surface area contributed by atoms with Crippen LogP contribution in [-0.4, -0.2) is 12.6 Å². The Morgan fingerprint density at radius 2 is 2.33 bits per heavy atom. The molecule has 2 rings (SSSR count). The molecule has 0 fully saturated rings. The first-order valence-corrected chi connectivity index (χ1v) is 5.15. The van der Waals surface area contributed by atoms with Gasteiger partial charge in [0.25, 0.3) is 0 Å². The number of benzene rings is 1. The lowest BCUT2D eigenvalue weighted by molar-refractivity contribution is -0.147. The molecule has 0 bridgehead atoms. The summed E-state index contributed by atoms with van der Waals surface area (Å²) in [5, 5.41) is 0. The van der Waals surface area contributed by atoms with Gasteiger partial charge in [-0.1, -0.05) is 12.1 Å². The molecule has 0 aromatic heterocycles. The van der Waals surface area contributed by atoms with Crippen molar-refractivity contribution in [3.05, 3.63) is 35.1 Å². The zero-order valence-electron chi connectivity index (χ0n) is 8.63. The monoisotopic (exact) mass is 208 g/mol. The topological polar surface area (TPSA) is 26.3 Å². The quantitative estimate of drug-likeness (QED) is 0.696. The number of rotatable bonds is 2. The zero-order valence-corrected chi connectivity index (χ0v) is 8.63. The lowest BCUT2D eigenvalue weighted by Gasteiger charge is -2.06. The SMILES string of the molecule is CCOC(=O)C1Cc2cccc(F)c2C1. The predicted molar refractivity (Wildman–Crippen MR) is 53.9 cm³/mol. The number of fused-ring (bicyclic) bond motifs is 1. The van der Waals surface area contributed by atoms with E-state index < -0.39 is 0 Å². The first kappa shape index (κ1) is 10.1. The largest absolute Gasteiger partial charge is 0.466 e. The van der Waals surface area contributed by atoms with Gasteiger partial charge in [-0.05, 0) is 37.0 Å². The van der Waals surface area contributed by atoms with Crippen molar-refractivity contribution >= 4 is 5.97 Å². The molecule has 1 aromatic carbocycles. The van der Waals surface area contributed by atoms with Crippen molar-refractivity contribution in [2.24, 2.45) is 5.92 Å². The smallest absolute Gasteiger partial charge is 0.309 e. The molecule has 1 aliphatic carbocycles. The first-order valence-electron chi connectivity index (χ1n) is 5.15. The van der Waals surface area contributed by atoms with Crippen LogP contribution in [0.2, 0.25) is 0 Å². The number of esters is 1. The van der Waals surface area contributed by atoms with E-state index in [1.54, 1.807) is 13.0 Å². The molecule has 2 nitrogen and oxygen atoms in total. The summed E-state index contributed by atoms with van der Waals surface area (Å²) in [6.45, 7) is 2.16. The summed E-state index contributed by atoms with van der Waals surface area (Å²) in [6.07, 6.45) is 1.08. The summed E-state index contributed by atoms with van der Waals surface area (Å²) in [4.78, 5) is 11.5. The fourth-order valence-electron chi connectivity index (χ4n) is 2.03. The highest BCUT2D eigenvalue weighted by Gasteiger charge is 2.30. The Hall–Kier alpha value is -1.38. The van der Waals surface area contributed by atoms with E-state index in [0.29, 0.717) is 25.0 Å². The molecule has 0 spiro atoms. The molecule has 0 saturated carbocycles. The van der Waals surface area contributed by atoms with Crippen molar-refractivity contribution in [2.75, 3.05) is 6.61 Å². The Kier molecular flexibility index (Phi) is 2.71. The number of hydrogen-bond donors (Lipinski definition) is 0. The third-order valence-corrected chi connectivity index (χ3v) is 2.75. The number of halogens is 1. The molecular formula is C12H13FO2. The molecule has 0 aliphatic heterocycles.